The van der Waals surface area contributed by atoms with Crippen LogP contribution < -0.4 is 5.32 Å². The molecule has 0 aliphatic carbocycles. The summed E-state index contributed by atoms with van der Waals surface area (Å²) in [6, 6.07) is 15.8. The molecule has 1 N–H and O–H groups in total. The molecule has 18 heavy (non-hydrogen) atoms. The predicted octanol–water partition coefficient (Wildman–Crippen LogP) is 3.23. The Hall–Kier alpha value is -2.09. The highest BCUT2D eigenvalue weighted by atomic mass is 16.1. The van der Waals surface area contributed by atoms with Crippen LogP contribution in [0, 0.1) is 13.8 Å². The Balaban J connectivity index is 2.06. The summed E-state index contributed by atoms with van der Waals surface area (Å²) in [7, 11) is 0. The average Bonchev–Trinajstić information content (AvgIpc) is 2.40. The van der Waals surface area contributed by atoms with Crippen molar-refractivity contribution in [1.29, 1.82) is 0 Å². The first-order valence-corrected chi connectivity index (χ1v) is 6.06. The van der Waals surface area contributed by atoms with Crippen molar-refractivity contribution >= 4 is 5.91 Å². The van der Waals surface area contributed by atoms with Gasteiger partial charge in [0.25, 0.3) is 5.91 Å². The zero-order valence-electron chi connectivity index (χ0n) is 10.7. The number of hydrogen-bond acceptors (Lipinski definition) is 1. The number of rotatable bonds is 3. The maximum absolute atomic E-state index is 12.1. The smallest absolute Gasteiger partial charge is 0.251 e. The van der Waals surface area contributed by atoms with Crippen molar-refractivity contribution in [2.75, 3.05) is 0 Å². The molecule has 0 aromatic heterocycles. The first-order valence-electron chi connectivity index (χ1n) is 6.06. The minimum atomic E-state index is -0.0138. The average molecular weight is 239 g/mol. The lowest BCUT2D eigenvalue weighted by Gasteiger charge is -2.08. The van der Waals surface area contributed by atoms with Crippen molar-refractivity contribution < 1.29 is 4.79 Å². The first-order chi connectivity index (χ1) is 8.66. The van der Waals surface area contributed by atoms with Gasteiger partial charge in [-0.1, -0.05) is 48.0 Å². The minimum absolute atomic E-state index is 0.0138. The fraction of sp³-hybridized carbons (Fsp3) is 0.188. The lowest BCUT2D eigenvalue weighted by molar-refractivity contribution is 0.0950. The van der Waals surface area contributed by atoms with Gasteiger partial charge in [0.2, 0.25) is 0 Å². The number of carbonyl (C=O) groups excluding carboxylic acids is 1. The Bertz CT molecular complexity index is 546. The maximum Gasteiger partial charge on any atom is 0.251 e. The van der Waals surface area contributed by atoms with Gasteiger partial charge in [-0.05, 0) is 31.0 Å². The van der Waals surface area contributed by atoms with Crippen LogP contribution >= 0.6 is 0 Å². The second kappa shape index (κ2) is 5.50. The highest BCUT2D eigenvalue weighted by Gasteiger charge is 2.08. The lowest BCUT2D eigenvalue weighted by Crippen LogP contribution is -2.23. The second-order valence-electron chi connectivity index (χ2n) is 4.49. The van der Waals surface area contributed by atoms with E-state index < -0.39 is 0 Å². The van der Waals surface area contributed by atoms with E-state index in [2.05, 4.69) is 5.32 Å². The molecule has 0 fully saturated rings. The number of hydrogen-bond donors (Lipinski definition) is 1. The van der Waals surface area contributed by atoms with Crippen molar-refractivity contribution in [3.05, 3.63) is 70.8 Å². The maximum atomic E-state index is 12.1. The molecule has 0 unspecified atom stereocenters. The van der Waals surface area contributed by atoms with Crippen LogP contribution in [-0.2, 0) is 6.54 Å². The minimum Gasteiger partial charge on any atom is -0.348 e. The SMILES string of the molecule is Cc1ccc(C)c(C(=O)NCc2ccccc2)c1. The van der Waals surface area contributed by atoms with Gasteiger partial charge in [-0.3, -0.25) is 4.79 Å². The van der Waals surface area contributed by atoms with Gasteiger partial charge in [0.05, 0.1) is 0 Å². The van der Waals surface area contributed by atoms with Gasteiger partial charge >= 0.3 is 0 Å². The van der Waals surface area contributed by atoms with E-state index in [-0.39, 0.29) is 5.91 Å². The molecule has 2 aromatic rings. The summed E-state index contributed by atoms with van der Waals surface area (Å²) in [5.74, 6) is -0.0138. The highest BCUT2D eigenvalue weighted by Crippen LogP contribution is 2.10. The molecule has 0 saturated carbocycles. The Morgan fingerprint density at radius 2 is 1.78 bits per heavy atom. The molecule has 2 heteroatoms. The van der Waals surface area contributed by atoms with E-state index in [0.29, 0.717) is 6.54 Å². The zero-order chi connectivity index (χ0) is 13.0. The summed E-state index contributed by atoms with van der Waals surface area (Å²) in [5, 5.41) is 2.94. The molecular weight excluding hydrogens is 222 g/mol. The van der Waals surface area contributed by atoms with E-state index in [9.17, 15) is 4.79 Å². The Kier molecular flexibility index (Phi) is 3.78. The van der Waals surface area contributed by atoms with Crippen LogP contribution in [0.15, 0.2) is 48.5 Å². The van der Waals surface area contributed by atoms with Gasteiger partial charge < -0.3 is 5.32 Å². The molecule has 0 atom stereocenters. The number of amides is 1. The third-order valence-electron chi connectivity index (χ3n) is 2.93. The number of benzene rings is 2. The van der Waals surface area contributed by atoms with E-state index in [0.717, 1.165) is 22.3 Å². The Morgan fingerprint density at radius 3 is 2.50 bits per heavy atom. The lowest BCUT2D eigenvalue weighted by atomic mass is 10.1. The second-order valence-corrected chi connectivity index (χ2v) is 4.49. The summed E-state index contributed by atoms with van der Waals surface area (Å²) in [6.07, 6.45) is 0. The van der Waals surface area contributed by atoms with Crippen molar-refractivity contribution in [3.63, 3.8) is 0 Å². The van der Waals surface area contributed by atoms with Gasteiger partial charge in [0.1, 0.15) is 0 Å². The summed E-state index contributed by atoms with van der Waals surface area (Å²) >= 11 is 0. The van der Waals surface area contributed by atoms with Crippen LogP contribution in [0.25, 0.3) is 0 Å². The predicted molar refractivity (Wildman–Crippen MR) is 73.5 cm³/mol. The molecule has 2 nitrogen and oxygen atoms in total. The molecule has 0 spiro atoms. The molecule has 2 aromatic carbocycles. The van der Waals surface area contributed by atoms with Crippen LogP contribution in [0.1, 0.15) is 27.0 Å². The standard InChI is InChI=1S/C16H17NO/c1-12-8-9-13(2)15(10-12)16(18)17-11-14-6-4-3-5-7-14/h3-10H,11H2,1-2H3,(H,17,18). The number of carbonyl (C=O) groups is 1. The van der Waals surface area contributed by atoms with E-state index in [1.165, 1.54) is 0 Å². The van der Waals surface area contributed by atoms with E-state index in [1.807, 2.05) is 62.4 Å². The summed E-state index contributed by atoms with van der Waals surface area (Å²) in [5.41, 5.74) is 3.97. The third-order valence-corrected chi connectivity index (χ3v) is 2.93. The summed E-state index contributed by atoms with van der Waals surface area (Å²) in [6.45, 7) is 4.51. The number of aryl methyl sites for hydroxylation is 2. The normalized spacial score (nSPS) is 10.1. The van der Waals surface area contributed by atoms with Gasteiger partial charge in [0.15, 0.2) is 0 Å². The van der Waals surface area contributed by atoms with E-state index >= 15 is 0 Å². The third kappa shape index (κ3) is 2.98. The van der Waals surface area contributed by atoms with Gasteiger partial charge in [0, 0.05) is 12.1 Å². The number of nitrogens with one attached hydrogen (secondary N) is 1. The van der Waals surface area contributed by atoms with Crippen molar-refractivity contribution in [3.8, 4) is 0 Å². The van der Waals surface area contributed by atoms with Crippen molar-refractivity contribution in [2.45, 2.75) is 20.4 Å². The summed E-state index contributed by atoms with van der Waals surface area (Å²) < 4.78 is 0. The molecule has 0 radical (unpaired) electrons. The first kappa shape index (κ1) is 12.4. The molecule has 0 saturated heterocycles. The van der Waals surface area contributed by atoms with Crippen molar-refractivity contribution in [1.82, 2.24) is 5.32 Å². The molecule has 0 heterocycles. The van der Waals surface area contributed by atoms with Gasteiger partial charge in [-0.15, -0.1) is 0 Å². The molecule has 0 aliphatic rings. The fourth-order valence-corrected chi connectivity index (χ4v) is 1.85. The molecule has 2 rings (SSSR count). The molecule has 0 aliphatic heterocycles. The van der Waals surface area contributed by atoms with Crippen LogP contribution in [0.3, 0.4) is 0 Å². The fourth-order valence-electron chi connectivity index (χ4n) is 1.85. The Morgan fingerprint density at radius 1 is 1.06 bits per heavy atom. The van der Waals surface area contributed by atoms with E-state index in [4.69, 9.17) is 0 Å². The van der Waals surface area contributed by atoms with Crippen LogP contribution in [0.4, 0.5) is 0 Å². The van der Waals surface area contributed by atoms with Crippen molar-refractivity contribution in [2.24, 2.45) is 0 Å². The largest absolute Gasteiger partial charge is 0.348 e. The van der Waals surface area contributed by atoms with Crippen LogP contribution in [0.5, 0.6) is 0 Å². The monoisotopic (exact) mass is 239 g/mol. The molecule has 0 bridgehead atoms. The highest BCUT2D eigenvalue weighted by molar-refractivity contribution is 5.95. The quantitative estimate of drug-likeness (QED) is 0.875. The van der Waals surface area contributed by atoms with Gasteiger partial charge in [-0.2, -0.15) is 0 Å². The molecule has 1 amide bonds. The van der Waals surface area contributed by atoms with Crippen LogP contribution in [0.2, 0.25) is 0 Å². The molecular formula is C16H17NO. The summed E-state index contributed by atoms with van der Waals surface area (Å²) in [4.78, 5) is 12.1. The molecule has 92 valence electrons. The van der Waals surface area contributed by atoms with Gasteiger partial charge in [-0.25, -0.2) is 0 Å². The Labute approximate surface area is 108 Å². The van der Waals surface area contributed by atoms with E-state index in [1.54, 1.807) is 0 Å². The van der Waals surface area contributed by atoms with Crippen LogP contribution in [-0.4, -0.2) is 5.91 Å². The zero-order valence-corrected chi connectivity index (χ0v) is 10.7. The topological polar surface area (TPSA) is 29.1 Å².